The lowest BCUT2D eigenvalue weighted by atomic mass is 10.0. The van der Waals surface area contributed by atoms with Crippen LogP contribution in [0.25, 0.3) is 0 Å². The van der Waals surface area contributed by atoms with Gasteiger partial charge in [0, 0.05) is 0 Å². The van der Waals surface area contributed by atoms with E-state index in [0.717, 1.165) is 6.07 Å². The molecule has 1 atom stereocenters. The molecule has 5 nitrogen and oxygen atoms in total. The molecule has 1 amide bonds. The summed E-state index contributed by atoms with van der Waals surface area (Å²) in [5, 5.41) is 30.2. The van der Waals surface area contributed by atoms with Crippen LogP contribution in [0.4, 0.5) is 0 Å². The Labute approximate surface area is 99.3 Å². The molecule has 1 rings (SSSR count). The minimum atomic E-state index is -0.991. The summed E-state index contributed by atoms with van der Waals surface area (Å²) in [5.41, 5.74) is -1.05. The average molecular weight is 234 g/mol. The number of benzene rings is 1. The van der Waals surface area contributed by atoms with Crippen molar-refractivity contribution in [1.82, 2.24) is 5.32 Å². The van der Waals surface area contributed by atoms with Crippen molar-refractivity contribution in [1.29, 1.82) is 5.26 Å². The predicted octanol–water partition coefficient (Wildman–Crippen LogP) is 1.52. The Kier molecular flexibility index (Phi) is 3.59. The standard InChI is InChI=1S/C12H14N2O3/c1-3-12(2,7-13)14-11(17)9-6-8(15)4-5-10(9)16/h4-6,15-16H,3H2,1-2H3,(H,14,17). The highest BCUT2D eigenvalue weighted by Crippen LogP contribution is 2.22. The maximum Gasteiger partial charge on any atom is 0.256 e. The zero-order chi connectivity index (χ0) is 13.1. The van der Waals surface area contributed by atoms with E-state index in [1.165, 1.54) is 12.1 Å². The van der Waals surface area contributed by atoms with E-state index in [9.17, 15) is 15.0 Å². The third-order valence-electron chi connectivity index (χ3n) is 2.57. The highest BCUT2D eigenvalue weighted by molar-refractivity contribution is 5.97. The van der Waals surface area contributed by atoms with E-state index < -0.39 is 11.4 Å². The average Bonchev–Trinajstić information content (AvgIpc) is 2.32. The number of nitrogens with zero attached hydrogens (tertiary/aromatic N) is 1. The van der Waals surface area contributed by atoms with Crippen molar-refractivity contribution >= 4 is 5.91 Å². The van der Waals surface area contributed by atoms with Crippen molar-refractivity contribution in [3.05, 3.63) is 23.8 Å². The summed E-state index contributed by atoms with van der Waals surface area (Å²) in [5.74, 6) is -0.955. The van der Waals surface area contributed by atoms with Gasteiger partial charge in [0.15, 0.2) is 0 Å². The van der Waals surface area contributed by atoms with Crippen molar-refractivity contribution in [2.45, 2.75) is 25.8 Å². The number of phenolic OH excluding ortho intramolecular Hbond substituents is 2. The number of hydrogen-bond donors (Lipinski definition) is 3. The number of nitriles is 1. The van der Waals surface area contributed by atoms with Crippen LogP contribution in [0.15, 0.2) is 18.2 Å². The Balaban J connectivity index is 2.99. The lowest BCUT2D eigenvalue weighted by Gasteiger charge is -2.21. The van der Waals surface area contributed by atoms with E-state index in [4.69, 9.17) is 5.26 Å². The van der Waals surface area contributed by atoms with E-state index in [-0.39, 0.29) is 17.1 Å². The molecule has 90 valence electrons. The molecule has 1 aromatic carbocycles. The van der Waals surface area contributed by atoms with Gasteiger partial charge in [-0.3, -0.25) is 4.79 Å². The van der Waals surface area contributed by atoms with Crippen molar-refractivity contribution in [3.8, 4) is 17.6 Å². The molecule has 0 heterocycles. The second-order valence-corrected chi connectivity index (χ2v) is 3.95. The van der Waals surface area contributed by atoms with Gasteiger partial charge in [0.25, 0.3) is 5.91 Å². The Hall–Kier alpha value is -2.22. The number of hydrogen-bond acceptors (Lipinski definition) is 4. The number of rotatable bonds is 3. The summed E-state index contributed by atoms with van der Waals surface area (Å²) in [6.07, 6.45) is 0.439. The van der Waals surface area contributed by atoms with Crippen LogP contribution in [0.3, 0.4) is 0 Å². The maximum absolute atomic E-state index is 11.8. The Bertz CT molecular complexity index is 479. The number of phenols is 2. The molecule has 0 aromatic heterocycles. The smallest absolute Gasteiger partial charge is 0.256 e. The molecule has 0 aliphatic carbocycles. The van der Waals surface area contributed by atoms with Crippen LogP contribution in [0, 0.1) is 11.3 Å². The van der Waals surface area contributed by atoms with Crippen LogP contribution in [0.5, 0.6) is 11.5 Å². The van der Waals surface area contributed by atoms with Crippen molar-refractivity contribution in [2.24, 2.45) is 0 Å². The fourth-order valence-electron chi connectivity index (χ4n) is 1.22. The summed E-state index contributed by atoms with van der Waals surface area (Å²) >= 11 is 0. The van der Waals surface area contributed by atoms with Crippen LogP contribution in [-0.4, -0.2) is 21.7 Å². The van der Waals surface area contributed by atoms with Crippen molar-refractivity contribution in [3.63, 3.8) is 0 Å². The predicted molar refractivity (Wildman–Crippen MR) is 61.5 cm³/mol. The van der Waals surface area contributed by atoms with Gasteiger partial charge in [-0.1, -0.05) is 6.92 Å². The molecule has 0 aliphatic rings. The first-order valence-electron chi connectivity index (χ1n) is 5.17. The Morgan fingerprint density at radius 3 is 2.71 bits per heavy atom. The lowest BCUT2D eigenvalue weighted by Crippen LogP contribution is -2.44. The molecule has 0 saturated heterocycles. The zero-order valence-corrected chi connectivity index (χ0v) is 9.69. The van der Waals surface area contributed by atoms with Crippen molar-refractivity contribution in [2.75, 3.05) is 0 Å². The minimum Gasteiger partial charge on any atom is -0.508 e. The molecule has 0 bridgehead atoms. The fourth-order valence-corrected chi connectivity index (χ4v) is 1.22. The third-order valence-corrected chi connectivity index (χ3v) is 2.57. The van der Waals surface area contributed by atoms with E-state index >= 15 is 0 Å². The van der Waals surface area contributed by atoms with Crippen LogP contribution < -0.4 is 5.32 Å². The molecule has 5 heteroatoms. The molecule has 0 aliphatic heterocycles. The first kappa shape index (κ1) is 12.8. The topological polar surface area (TPSA) is 93.4 Å². The fraction of sp³-hybridized carbons (Fsp3) is 0.333. The first-order valence-corrected chi connectivity index (χ1v) is 5.17. The summed E-state index contributed by atoms with van der Waals surface area (Å²) in [6.45, 7) is 3.36. The maximum atomic E-state index is 11.8. The number of aromatic hydroxyl groups is 2. The number of amides is 1. The monoisotopic (exact) mass is 234 g/mol. The summed E-state index contributed by atoms with van der Waals surface area (Å²) in [6, 6.07) is 5.63. The Morgan fingerprint density at radius 2 is 2.18 bits per heavy atom. The molecule has 0 radical (unpaired) electrons. The molecule has 0 saturated carbocycles. The van der Waals surface area contributed by atoms with Gasteiger partial charge in [-0.15, -0.1) is 0 Å². The number of carbonyl (C=O) groups is 1. The first-order chi connectivity index (χ1) is 7.91. The van der Waals surface area contributed by atoms with Crippen molar-refractivity contribution < 1.29 is 15.0 Å². The SMILES string of the molecule is CCC(C)(C#N)NC(=O)c1cc(O)ccc1O. The normalized spacial score (nSPS) is 13.5. The molecule has 17 heavy (non-hydrogen) atoms. The molecule has 0 fully saturated rings. The van der Waals surface area contributed by atoms with Crippen LogP contribution in [0.1, 0.15) is 30.6 Å². The van der Waals surface area contributed by atoms with Gasteiger partial charge in [-0.2, -0.15) is 5.26 Å². The van der Waals surface area contributed by atoms with Gasteiger partial charge in [-0.25, -0.2) is 0 Å². The van der Waals surface area contributed by atoms with Gasteiger partial charge in [0.05, 0.1) is 11.6 Å². The Morgan fingerprint density at radius 1 is 1.53 bits per heavy atom. The van der Waals surface area contributed by atoms with Gasteiger partial charge < -0.3 is 15.5 Å². The highest BCUT2D eigenvalue weighted by atomic mass is 16.3. The van der Waals surface area contributed by atoms with Gasteiger partial charge in [0.2, 0.25) is 0 Å². The van der Waals surface area contributed by atoms with Gasteiger partial charge in [-0.05, 0) is 31.5 Å². The minimum absolute atomic E-state index is 0.0556. The molecular formula is C12H14N2O3. The summed E-state index contributed by atoms with van der Waals surface area (Å²) in [4.78, 5) is 11.8. The second-order valence-electron chi connectivity index (χ2n) is 3.95. The molecule has 3 N–H and O–H groups in total. The van der Waals surface area contributed by atoms with E-state index in [1.54, 1.807) is 13.8 Å². The van der Waals surface area contributed by atoms with Gasteiger partial charge >= 0.3 is 0 Å². The number of nitrogens with one attached hydrogen (secondary N) is 1. The van der Waals surface area contributed by atoms with Crippen LogP contribution >= 0.6 is 0 Å². The van der Waals surface area contributed by atoms with Crippen LogP contribution in [-0.2, 0) is 0 Å². The molecule has 1 aromatic rings. The quantitative estimate of drug-likeness (QED) is 0.691. The van der Waals surface area contributed by atoms with Gasteiger partial charge in [0.1, 0.15) is 17.0 Å². The van der Waals surface area contributed by atoms with Crippen LogP contribution in [0.2, 0.25) is 0 Å². The third kappa shape index (κ3) is 2.88. The molecular weight excluding hydrogens is 220 g/mol. The lowest BCUT2D eigenvalue weighted by molar-refractivity contribution is 0.0920. The van der Waals surface area contributed by atoms with E-state index in [0.29, 0.717) is 6.42 Å². The molecule has 1 unspecified atom stereocenters. The zero-order valence-electron chi connectivity index (χ0n) is 9.69. The largest absolute Gasteiger partial charge is 0.508 e. The van der Waals surface area contributed by atoms with E-state index in [2.05, 4.69) is 5.32 Å². The second kappa shape index (κ2) is 4.74. The summed E-state index contributed by atoms with van der Waals surface area (Å²) < 4.78 is 0. The summed E-state index contributed by atoms with van der Waals surface area (Å²) in [7, 11) is 0. The number of carbonyl (C=O) groups excluding carboxylic acids is 1. The molecule has 0 spiro atoms. The van der Waals surface area contributed by atoms with E-state index in [1.807, 2.05) is 6.07 Å². The highest BCUT2D eigenvalue weighted by Gasteiger charge is 2.25.